The highest BCUT2D eigenvalue weighted by atomic mass is 16.4. The summed E-state index contributed by atoms with van der Waals surface area (Å²) in [5.74, 6) is -2.81. The topological polar surface area (TPSA) is 112 Å². The maximum absolute atomic E-state index is 11.1. The molecule has 0 aliphatic carbocycles. The normalized spacial score (nSPS) is 11.8. The van der Waals surface area contributed by atoms with Crippen LogP contribution in [-0.2, 0) is 14.4 Å². The van der Waals surface area contributed by atoms with Crippen molar-refractivity contribution in [3.63, 3.8) is 0 Å². The van der Waals surface area contributed by atoms with Crippen LogP contribution in [0.2, 0.25) is 0 Å². The standard InChI is InChI=1S/C29H53NO6/c1-2-3-4-5-6-7-8-9-10-11-12-13-14-15-16-17-18-19-23-30(24-20-27(31)32,25-21-28(33)34)26-22-29(35)36/h13-14H,2-12,15-26H2,1H3,(H2-,31,32,33,34,35,36)/p+1/b14-13+. The Hall–Kier alpha value is -1.89. The third-order valence-corrected chi connectivity index (χ3v) is 7.04. The van der Waals surface area contributed by atoms with Gasteiger partial charge in [0, 0.05) is 0 Å². The number of carboxylic acid groups (broad SMARTS) is 3. The quantitative estimate of drug-likeness (QED) is 0.0618. The lowest BCUT2D eigenvalue weighted by Gasteiger charge is -2.38. The number of hydrogen-bond donors (Lipinski definition) is 3. The molecule has 0 saturated carbocycles. The molecule has 0 aliphatic rings. The zero-order valence-electron chi connectivity index (χ0n) is 22.9. The molecule has 36 heavy (non-hydrogen) atoms. The first-order valence-corrected chi connectivity index (χ1v) is 14.5. The summed E-state index contributed by atoms with van der Waals surface area (Å²) in [5.41, 5.74) is 0. The van der Waals surface area contributed by atoms with Crippen molar-refractivity contribution in [3.05, 3.63) is 12.2 Å². The molecule has 0 fully saturated rings. The lowest BCUT2D eigenvalue weighted by molar-refractivity contribution is -0.927. The fraction of sp³-hybridized carbons (Fsp3) is 0.828. The van der Waals surface area contributed by atoms with Gasteiger partial charge in [0.25, 0.3) is 0 Å². The zero-order valence-corrected chi connectivity index (χ0v) is 22.9. The van der Waals surface area contributed by atoms with Gasteiger partial charge in [-0.25, -0.2) is 0 Å². The van der Waals surface area contributed by atoms with Gasteiger partial charge in [0.2, 0.25) is 0 Å². The van der Waals surface area contributed by atoms with Gasteiger partial charge >= 0.3 is 17.9 Å². The summed E-state index contributed by atoms with van der Waals surface area (Å²) in [4.78, 5) is 33.3. The van der Waals surface area contributed by atoms with Gasteiger partial charge in [-0.15, -0.1) is 0 Å². The van der Waals surface area contributed by atoms with E-state index in [2.05, 4.69) is 19.1 Å². The molecule has 0 amide bonds. The fourth-order valence-electron chi connectivity index (χ4n) is 4.72. The Balaban J connectivity index is 4.04. The summed E-state index contributed by atoms with van der Waals surface area (Å²) in [5, 5.41) is 27.3. The lowest BCUT2D eigenvalue weighted by Crippen LogP contribution is -2.52. The Kier molecular flexibility index (Phi) is 22.3. The van der Waals surface area contributed by atoms with E-state index in [0.717, 1.165) is 38.5 Å². The second kappa shape index (κ2) is 23.5. The first-order valence-electron chi connectivity index (χ1n) is 14.5. The Labute approximate surface area is 219 Å². The second-order valence-electron chi connectivity index (χ2n) is 10.3. The molecule has 0 spiro atoms. The molecule has 210 valence electrons. The molecule has 0 radical (unpaired) electrons. The van der Waals surface area contributed by atoms with Crippen molar-refractivity contribution >= 4 is 17.9 Å². The van der Waals surface area contributed by atoms with Gasteiger partial charge in [0.05, 0.1) is 45.4 Å². The van der Waals surface area contributed by atoms with Gasteiger partial charge < -0.3 is 19.8 Å². The van der Waals surface area contributed by atoms with Crippen molar-refractivity contribution in [2.75, 3.05) is 26.2 Å². The van der Waals surface area contributed by atoms with Gasteiger partial charge in [-0.3, -0.25) is 14.4 Å². The maximum Gasteiger partial charge on any atom is 0.309 e. The van der Waals surface area contributed by atoms with E-state index in [-0.39, 0.29) is 43.4 Å². The molecule has 0 rings (SSSR count). The summed E-state index contributed by atoms with van der Waals surface area (Å²) in [7, 11) is 0. The Bertz CT molecular complexity index is 559. The van der Waals surface area contributed by atoms with E-state index >= 15 is 0 Å². The molecule has 0 atom stereocenters. The van der Waals surface area contributed by atoms with Crippen LogP contribution in [0.15, 0.2) is 12.2 Å². The summed E-state index contributed by atoms with van der Waals surface area (Å²) in [6.45, 7) is 3.71. The molecule has 7 heteroatoms. The number of quaternary nitrogens is 1. The van der Waals surface area contributed by atoms with Crippen molar-refractivity contribution < 1.29 is 34.2 Å². The van der Waals surface area contributed by atoms with Crippen LogP contribution in [0.25, 0.3) is 0 Å². The van der Waals surface area contributed by atoms with Gasteiger partial charge in [-0.2, -0.15) is 0 Å². The van der Waals surface area contributed by atoms with Crippen LogP contribution in [0.3, 0.4) is 0 Å². The highest BCUT2D eigenvalue weighted by Gasteiger charge is 2.29. The summed E-state index contributed by atoms with van der Waals surface area (Å²) >= 11 is 0. The maximum atomic E-state index is 11.1. The number of aliphatic carboxylic acids is 3. The van der Waals surface area contributed by atoms with Crippen LogP contribution in [-0.4, -0.2) is 63.9 Å². The summed E-state index contributed by atoms with van der Waals surface area (Å²) in [6.07, 6.45) is 24.2. The fourth-order valence-corrected chi connectivity index (χ4v) is 4.72. The number of allylic oxidation sites excluding steroid dienone is 2. The Morgan fingerprint density at radius 1 is 0.500 bits per heavy atom. The molecule has 0 aliphatic heterocycles. The van der Waals surface area contributed by atoms with E-state index in [4.69, 9.17) is 15.3 Å². The Morgan fingerprint density at radius 3 is 1.19 bits per heavy atom. The molecule has 0 heterocycles. The second-order valence-corrected chi connectivity index (χ2v) is 10.3. The molecule has 0 bridgehead atoms. The molecule has 0 unspecified atom stereocenters. The molecule has 0 aromatic heterocycles. The van der Waals surface area contributed by atoms with Crippen molar-refractivity contribution in [2.24, 2.45) is 0 Å². The molecular weight excluding hydrogens is 458 g/mol. The van der Waals surface area contributed by atoms with Crippen molar-refractivity contribution in [1.29, 1.82) is 0 Å². The predicted molar refractivity (Wildman–Crippen MR) is 145 cm³/mol. The molecule has 0 aromatic rings. The van der Waals surface area contributed by atoms with E-state index in [1.165, 1.54) is 64.2 Å². The van der Waals surface area contributed by atoms with Gasteiger partial charge in [0.1, 0.15) is 0 Å². The van der Waals surface area contributed by atoms with Gasteiger partial charge in [-0.1, -0.05) is 83.3 Å². The number of hydrogen-bond acceptors (Lipinski definition) is 3. The van der Waals surface area contributed by atoms with E-state index in [0.29, 0.717) is 6.54 Å². The smallest absolute Gasteiger partial charge is 0.309 e. The van der Waals surface area contributed by atoms with Gasteiger partial charge in [0.15, 0.2) is 0 Å². The first-order chi connectivity index (χ1) is 17.3. The molecular formula is C29H54NO6+. The van der Waals surface area contributed by atoms with E-state index in [1.807, 2.05) is 0 Å². The molecule has 0 aromatic carbocycles. The lowest BCUT2D eigenvalue weighted by atomic mass is 10.1. The van der Waals surface area contributed by atoms with Crippen molar-refractivity contribution in [1.82, 2.24) is 0 Å². The average molecular weight is 513 g/mol. The number of carbonyl (C=O) groups is 3. The van der Waals surface area contributed by atoms with Crippen LogP contribution >= 0.6 is 0 Å². The summed E-state index contributed by atoms with van der Waals surface area (Å²) < 4.78 is 0.254. The zero-order chi connectivity index (χ0) is 26.9. The minimum absolute atomic E-state index is 0.0803. The molecule has 7 nitrogen and oxygen atoms in total. The molecule has 3 N–H and O–H groups in total. The van der Waals surface area contributed by atoms with E-state index in [1.54, 1.807) is 0 Å². The number of rotatable bonds is 27. The minimum Gasteiger partial charge on any atom is -0.481 e. The van der Waals surface area contributed by atoms with Crippen LogP contribution in [0.5, 0.6) is 0 Å². The highest BCUT2D eigenvalue weighted by molar-refractivity contribution is 5.67. The third kappa shape index (κ3) is 22.6. The summed E-state index contributed by atoms with van der Waals surface area (Å²) in [6, 6.07) is 0. The van der Waals surface area contributed by atoms with E-state index < -0.39 is 17.9 Å². The SMILES string of the molecule is CCCCCCCCCCCC/C=C/CCCCCC[N+](CCC(=O)O)(CCC(=O)O)CCC(=O)O. The van der Waals surface area contributed by atoms with Crippen LogP contribution in [0.4, 0.5) is 0 Å². The predicted octanol–water partition coefficient (Wildman–Crippen LogP) is 7.05. The average Bonchev–Trinajstić information content (AvgIpc) is 2.83. The van der Waals surface area contributed by atoms with Crippen molar-refractivity contribution in [2.45, 2.75) is 129 Å². The number of carboxylic acids is 3. The van der Waals surface area contributed by atoms with Gasteiger partial charge in [-0.05, 0) is 38.5 Å². The van der Waals surface area contributed by atoms with Crippen molar-refractivity contribution in [3.8, 4) is 0 Å². The molecule has 0 saturated heterocycles. The monoisotopic (exact) mass is 512 g/mol. The largest absolute Gasteiger partial charge is 0.481 e. The highest BCUT2D eigenvalue weighted by Crippen LogP contribution is 2.16. The Morgan fingerprint density at radius 2 is 0.833 bits per heavy atom. The minimum atomic E-state index is -0.937. The van der Waals surface area contributed by atoms with Crippen LogP contribution in [0.1, 0.15) is 129 Å². The van der Waals surface area contributed by atoms with E-state index in [9.17, 15) is 14.4 Å². The first kappa shape index (κ1) is 34.1. The number of unbranched alkanes of at least 4 members (excludes halogenated alkanes) is 14. The van der Waals surface area contributed by atoms with Crippen LogP contribution in [0, 0.1) is 0 Å². The number of nitrogens with zero attached hydrogens (tertiary/aromatic N) is 1. The van der Waals surface area contributed by atoms with Crippen LogP contribution < -0.4 is 0 Å². The third-order valence-electron chi connectivity index (χ3n) is 7.04.